The number of ether oxygens (including phenoxy) is 1. The summed E-state index contributed by atoms with van der Waals surface area (Å²) in [4.78, 5) is 0. The van der Waals surface area contributed by atoms with E-state index in [-0.39, 0.29) is 6.04 Å². The predicted molar refractivity (Wildman–Crippen MR) is 45.0 cm³/mol. The summed E-state index contributed by atoms with van der Waals surface area (Å²) in [6, 6.07) is -0.127. The Labute approximate surface area is 68.1 Å². The molecule has 1 aliphatic heterocycles. The molecule has 0 saturated carbocycles. The van der Waals surface area contributed by atoms with Crippen LogP contribution in [0, 0.1) is 12.3 Å². The first-order valence-corrected chi connectivity index (χ1v) is 4.16. The first-order valence-electron chi connectivity index (χ1n) is 4.16. The van der Waals surface area contributed by atoms with Crippen molar-refractivity contribution in [3.63, 3.8) is 0 Å². The van der Waals surface area contributed by atoms with Gasteiger partial charge in [0.05, 0.1) is 12.1 Å². The molecule has 11 heavy (non-hydrogen) atoms. The number of hydrogen-bond donors (Lipinski definition) is 1. The fourth-order valence-corrected chi connectivity index (χ4v) is 1.34. The predicted octanol–water partition coefficient (Wildman–Crippen LogP) is 0.906. The highest BCUT2D eigenvalue weighted by Crippen LogP contribution is 2.16. The van der Waals surface area contributed by atoms with Gasteiger partial charge in [0, 0.05) is 6.61 Å². The zero-order valence-electron chi connectivity index (χ0n) is 6.75. The summed E-state index contributed by atoms with van der Waals surface area (Å²) in [6.07, 6.45) is 9.84. The molecule has 1 rings (SSSR count). The lowest BCUT2D eigenvalue weighted by Gasteiger charge is -2.23. The first kappa shape index (κ1) is 8.58. The molecular weight excluding hydrogens is 138 g/mol. The SMILES string of the molecule is C#CC(N)CC1CCCCO1. The third-order valence-electron chi connectivity index (χ3n) is 2.00. The molecule has 0 amide bonds. The second-order valence-corrected chi connectivity index (χ2v) is 3.00. The minimum absolute atomic E-state index is 0.127. The van der Waals surface area contributed by atoms with Crippen molar-refractivity contribution in [3.8, 4) is 12.3 Å². The van der Waals surface area contributed by atoms with Crippen LogP contribution in [0.2, 0.25) is 0 Å². The quantitative estimate of drug-likeness (QED) is 0.598. The van der Waals surface area contributed by atoms with E-state index >= 15 is 0 Å². The van der Waals surface area contributed by atoms with Crippen molar-refractivity contribution in [1.82, 2.24) is 0 Å². The smallest absolute Gasteiger partial charge is 0.0686 e. The Morgan fingerprint density at radius 3 is 3.00 bits per heavy atom. The molecule has 0 spiro atoms. The summed E-state index contributed by atoms with van der Waals surface area (Å²) in [5.74, 6) is 2.51. The maximum Gasteiger partial charge on any atom is 0.0686 e. The lowest BCUT2D eigenvalue weighted by Crippen LogP contribution is -2.28. The molecule has 2 unspecified atom stereocenters. The highest BCUT2D eigenvalue weighted by Gasteiger charge is 2.15. The molecule has 1 fully saturated rings. The van der Waals surface area contributed by atoms with Gasteiger partial charge in [-0.2, -0.15) is 0 Å². The van der Waals surface area contributed by atoms with Crippen LogP contribution >= 0.6 is 0 Å². The Morgan fingerprint density at radius 2 is 2.45 bits per heavy atom. The largest absolute Gasteiger partial charge is 0.378 e. The van der Waals surface area contributed by atoms with Crippen LogP contribution in [-0.4, -0.2) is 18.8 Å². The maximum atomic E-state index is 5.59. The summed E-state index contributed by atoms with van der Waals surface area (Å²) in [7, 11) is 0. The fourth-order valence-electron chi connectivity index (χ4n) is 1.34. The Balaban J connectivity index is 2.20. The van der Waals surface area contributed by atoms with E-state index in [1.807, 2.05) is 0 Å². The molecule has 0 aromatic heterocycles. The van der Waals surface area contributed by atoms with Gasteiger partial charge >= 0.3 is 0 Å². The van der Waals surface area contributed by atoms with Crippen LogP contribution in [0.15, 0.2) is 0 Å². The van der Waals surface area contributed by atoms with Crippen molar-refractivity contribution in [1.29, 1.82) is 0 Å². The maximum absolute atomic E-state index is 5.59. The minimum Gasteiger partial charge on any atom is -0.378 e. The summed E-state index contributed by atoms with van der Waals surface area (Å²) >= 11 is 0. The zero-order chi connectivity index (χ0) is 8.10. The van der Waals surface area contributed by atoms with Gasteiger partial charge in [-0.25, -0.2) is 0 Å². The second-order valence-electron chi connectivity index (χ2n) is 3.00. The zero-order valence-corrected chi connectivity index (χ0v) is 6.75. The van der Waals surface area contributed by atoms with E-state index < -0.39 is 0 Å². The molecule has 0 aromatic rings. The van der Waals surface area contributed by atoms with Gasteiger partial charge in [-0.15, -0.1) is 6.42 Å². The number of rotatable bonds is 2. The number of nitrogens with two attached hydrogens (primary N) is 1. The average molecular weight is 153 g/mol. The molecule has 2 atom stereocenters. The fraction of sp³-hybridized carbons (Fsp3) is 0.778. The Kier molecular flexibility index (Phi) is 3.41. The van der Waals surface area contributed by atoms with E-state index in [1.165, 1.54) is 12.8 Å². The van der Waals surface area contributed by atoms with Gasteiger partial charge in [-0.3, -0.25) is 0 Å². The van der Waals surface area contributed by atoms with Crippen LogP contribution in [0.4, 0.5) is 0 Å². The molecule has 0 aliphatic carbocycles. The van der Waals surface area contributed by atoms with Gasteiger partial charge in [0.25, 0.3) is 0 Å². The number of terminal acetylenes is 1. The molecule has 2 nitrogen and oxygen atoms in total. The summed E-state index contributed by atoms with van der Waals surface area (Å²) in [6.45, 7) is 0.877. The number of hydrogen-bond acceptors (Lipinski definition) is 2. The molecule has 0 bridgehead atoms. The van der Waals surface area contributed by atoms with Crippen LogP contribution < -0.4 is 5.73 Å². The van der Waals surface area contributed by atoms with Crippen molar-refractivity contribution in [2.24, 2.45) is 5.73 Å². The normalized spacial score (nSPS) is 27.5. The van der Waals surface area contributed by atoms with Crippen LogP contribution in [-0.2, 0) is 4.74 Å². The van der Waals surface area contributed by atoms with Crippen LogP contribution in [0.3, 0.4) is 0 Å². The van der Waals surface area contributed by atoms with E-state index in [2.05, 4.69) is 5.92 Å². The Bertz CT molecular complexity index is 144. The van der Waals surface area contributed by atoms with E-state index in [0.29, 0.717) is 6.10 Å². The first-order chi connectivity index (χ1) is 5.33. The van der Waals surface area contributed by atoms with E-state index in [1.54, 1.807) is 0 Å². The monoisotopic (exact) mass is 153 g/mol. The topological polar surface area (TPSA) is 35.2 Å². The molecule has 0 radical (unpaired) electrons. The van der Waals surface area contributed by atoms with Gasteiger partial charge in [-0.05, 0) is 25.7 Å². The third kappa shape index (κ3) is 2.92. The van der Waals surface area contributed by atoms with Crippen molar-refractivity contribution in [2.45, 2.75) is 37.8 Å². The van der Waals surface area contributed by atoms with Gasteiger partial charge in [0.2, 0.25) is 0 Å². The van der Waals surface area contributed by atoms with E-state index in [4.69, 9.17) is 16.9 Å². The molecule has 62 valence electrons. The van der Waals surface area contributed by atoms with Crippen molar-refractivity contribution < 1.29 is 4.74 Å². The van der Waals surface area contributed by atoms with Gasteiger partial charge in [0.15, 0.2) is 0 Å². The van der Waals surface area contributed by atoms with Crippen LogP contribution in [0.5, 0.6) is 0 Å². The second kappa shape index (κ2) is 4.38. The van der Waals surface area contributed by atoms with E-state index in [0.717, 1.165) is 19.4 Å². The van der Waals surface area contributed by atoms with Crippen LogP contribution in [0.1, 0.15) is 25.7 Å². The van der Waals surface area contributed by atoms with E-state index in [9.17, 15) is 0 Å². The molecule has 0 aromatic carbocycles. The highest BCUT2D eigenvalue weighted by molar-refractivity contribution is 4.97. The molecule has 2 N–H and O–H groups in total. The summed E-state index contributed by atoms with van der Waals surface area (Å²) in [5, 5.41) is 0. The molecule has 1 heterocycles. The van der Waals surface area contributed by atoms with Crippen molar-refractivity contribution in [2.75, 3.05) is 6.61 Å². The average Bonchev–Trinajstić information content (AvgIpc) is 2.06. The molecule has 1 aliphatic rings. The standard InChI is InChI=1S/C9H15NO/c1-2-8(10)7-9-5-3-4-6-11-9/h1,8-9H,3-7,10H2. The molecule has 1 saturated heterocycles. The summed E-state index contributed by atoms with van der Waals surface area (Å²) < 4.78 is 5.47. The van der Waals surface area contributed by atoms with Gasteiger partial charge < -0.3 is 10.5 Å². The van der Waals surface area contributed by atoms with Gasteiger partial charge in [-0.1, -0.05) is 5.92 Å². The molecular formula is C9H15NO. The van der Waals surface area contributed by atoms with Crippen LogP contribution in [0.25, 0.3) is 0 Å². The highest BCUT2D eigenvalue weighted by atomic mass is 16.5. The molecule has 2 heteroatoms. The minimum atomic E-state index is -0.127. The lowest BCUT2D eigenvalue weighted by atomic mass is 10.0. The third-order valence-corrected chi connectivity index (χ3v) is 2.00. The summed E-state index contributed by atoms with van der Waals surface area (Å²) in [5.41, 5.74) is 5.59. The van der Waals surface area contributed by atoms with Crippen molar-refractivity contribution >= 4 is 0 Å². The Hall–Kier alpha value is -0.520. The van der Waals surface area contributed by atoms with Gasteiger partial charge in [0.1, 0.15) is 0 Å². The Morgan fingerprint density at radius 1 is 1.64 bits per heavy atom. The van der Waals surface area contributed by atoms with Crippen molar-refractivity contribution in [3.05, 3.63) is 0 Å². The lowest BCUT2D eigenvalue weighted by molar-refractivity contribution is 0.0101.